The summed E-state index contributed by atoms with van der Waals surface area (Å²) in [7, 11) is 0. The fourth-order valence-electron chi connectivity index (χ4n) is 7.45. The number of fused-ring (bicyclic) bond motifs is 3. The number of hydrogen-bond acceptors (Lipinski definition) is 7. The average Bonchev–Trinajstić information content (AvgIpc) is 3.63. The number of aromatic nitrogens is 2. The van der Waals surface area contributed by atoms with Gasteiger partial charge in [-0.2, -0.15) is 0 Å². The predicted molar refractivity (Wildman–Crippen MR) is 186 cm³/mol. The van der Waals surface area contributed by atoms with Crippen molar-refractivity contribution in [3.05, 3.63) is 65.7 Å². The molecule has 2 aromatic heterocycles. The summed E-state index contributed by atoms with van der Waals surface area (Å²) in [5, 5.41) is 3.52. The van der Waals surface area contributed by atoms with Crippen molar-refractivity contribution in [2.75, 3.05) is 50.8 Å². The molecule has 3 aliphatic heterocycles. The van der Waals surface area contributed by atoms with Crippen LogP contribution in [-0.4, -0.2) is 82.9 Å². The zero-order valence-corrected chi connectivity index (χ0v) is 27.8. The quantitative estimate of drug-likeness (QED) is 0.213. The zero-order valence-electron chi connectivity index (χ0n) is 27.0. The van der Waals surface area contributed by atoms with Crippen molar-refractivity contribution in [1.82, 2.24) is 19.8 Å². The molecule has 7 rings (SSSR count). The van der Waals surface area contributed by atoms with Crippen molar-refractivity contribution < 1.29 is 14.3 Å². The van der Waals surface area contributed by atoms with Crippen LogP contribution in [0.2, 0.25) is 5.02 Å². The lowest BCUT2D eigenvalue weighted by Gasteiger charge is -2.36. The Labute approximate surface area is 275 Å². The molecule has 0 atom stereocenters. The largest absolute Gasteiger partial charge is 0.475 e. The third-order valence-electron chi connectivity index (χ3n) is 9.69. The van der Waals surface area contributed by atoms with Gasteiger partial charge in [0.2, 0.25) is 5.88 Å². The maximum Gasteiger partial charge on any atom is 0.410 e. The number of anilines is 1. The molecule has 3 saturated heterocycles. The molecule has 0 N–H and O–H groups in total. The summed E-state index contributed by atoms with van der Waals surface area (Å²) in [4.78, 5) is 29.8. The molecule has 0 radical (unpaired) electrons. The van der Waals surface area contributed by atoms with Gasteiger partial charge >= 0.3 is 6.09 Å². The molecule has 0 aliphatic carbocycles. The lowest BCUT2D eigenvalue weighted by Crippen LogP contribution is -2.50. The molecular formula is C37H42ClN5O3. The molecule has 2 aromatic carbocycles. The van der Waals surface area contributed by atoms with Gasteiger partial charge in [-0.1, -0.05) is 54.6 Å². The van der Waals surface area contributed by atoms with Gasteiger partial charge in [-0.05, 0) is 83.1 Å². The maximum atomic E-state index is 12.7. The van der Waals surface area contributed by atoms with Crippen molar-refractivity contribution in [3.8, 4) is 17.1 Å². The van der Waals surface area contributed by atoms with Gasteiger partial charge in [-0.3, -0.25) is 4.90 Å². The fourth-order valence-corrected chi connectivity index (χ4v) is 7.73. The highest BCUT2D eigenvalue weighted by molar-refractivity contribution is 6.36. The maximum absolute atomic E-state index is 12.7. The Balaban J connectivity index is 1.29. The second-order valence-electron chi connectivity index (χ2n) is 13.8. The number of rotatable bonds is 6. The van der Waals surface area contributed by atoms with Gasteiger partial charge in [0.1, 0.15) is 18.0 Å². The molecule has 3 fully saturated rings. The van der Waals surface area contributed by atoms with E-state index in [1.165, 1.54) is 12.8 Å². The van der Waals surface area contributed by atoms with E-state index in [9.17, 15) is 4.79 Å². The average molecular weight is 640 g/mol. The summed E-state index contributed by atoms with van der Waals surface area (Å²) in [6, 6.07) is 16.2. The van der Waals surface area contributed by atoms with Gasteiger partial charge in [0.05, 0.1) is 22.1 Å². The summed E-state index contributed by atoms with van der Waals surface area (Å²) in [5.41, 5.74) is 2.86. The number of piperazine rings is 1. The third-order valence-corrected chi connectivity index (χ3v) is 10.0. The Hall–Kier alpha value is -3.88. The van der Waals surface area contributed by atoms with Crippen LogP contribution in [0.15, 0.2) is 55.1 Å². The van der Waals surface area contributed by atoms with Crippen LogP contribution in [0.4, 0.5) is 10.6 Å². The van der Waals surface area contributed by atoms with Crippen LogP contribution in [0.25, 0.3) is 39.0 Å². The Morgan fingerprint density at radius 1 is 0.978 bits per heavy atom. The fraction of sp³-hybridized carbons (Fsp3) is 0.432. The molecular weight excluding hydrogens is 598 g/mol. The first-order chi connectivity index (χ1) is 22.2. The first kappa shape index (κ1) is 30.8. The van der Waals surface area contributed by atoms with Crippen LogP contribution in [0.5, 0.6) is 5.88 Å². The highest BCUT2D eigenvalue weighted by Gasteiger charge is 2.45. The normalized spacial score (nSPS) is 18.3. The Kier molecular flexibility index (Phi) is 8.06. The number of pyridine rings is 2. The van der Waals surface area contributed by atoms with E-state index in [2.05, 4.69) is 40.6 Å². The highest BCUT2D eigenvalue weighted by Crippen LogP contribution is 2.42. The first-order valence-corrected chi connectivity index (χ1v) is 16.8. The van der Waals surface area contributed by atoms with Crippen molar-refractivity contribution in [2.45, 2.75) is 57.6 Å². The van der Waals surface area contributed by atoms with Gasteiger partial charge in [0.15, 0.2) is 0 Å². The molecule has 0 bridgehead atoms. The molecule has 46 heavy (non-hydrogen) atoms. The van der Waals surface area contributed by atoms with Crippen LogP contribution in [0.1, 0.15) is 52.0 Å². The molecule has 3 aliphatic rings. The minimum atomic E-state index is -0.525. The number of nitrogens with zero attached hydrogens (tertiary/aromatic N) is 5. The number of carbonyl (C=O) groups is 1. The van der Waals surface area contributed by atoms with Crippen LogP contribution >= 0.6 is 11.6 Å². The summed E-state index contributed by atoms with van der Waals surface area (Å²) in [6.07, 6.45) is 6.28. The van der Waals surface area contributed by atoms with Crippen molar-refractivity contribution in [3.63, 3.8) is 0 Å². The monoisotopic (exact) mass is 639 g/mol. The summed E-state index contributed by atoms with van der Waals surface area (Å²) < 4.78 is 12.4. The zero-order chi connectivity index (χ0) is 32.1. The van der Waals surface area contributed by atoms with E-state index in [1.807, 2.05) is 51.1 Å². The van der Waals surface area contributed by atoms with Gasteiger partial charge in [-0.25, -0.2) is 14.8 Å². The smallest absolute Gasteiger partial charge is 0.410 e. The van der Waals surface area contributed by atoms with Crippen molar-refractivity contribution in [1.29, 1.82) is 0 Å². The number of benzene rings is 2. The number of ether oxygens (including phenoxy) is 2. The van der Waals surface area contributed by atoms with Crippen LogP contribution in [0.3, 0.4) is 0 Å². The standard InChI is InChI=1S/C37H42ClN5O3/c1-5-26-32(27-12-6-10-25-11-7-13-29(38)31(25)27)40-34(45-24-37-16-8-18-43(37)19-9-17-37)28-14-15-30(39-33(26)28)41-20-22-42(23-21-41)35(44)46-36(2,3)4/h5-7,10-15H,1,8-9,16-24H2,2-4H3. The molecule has 5 heterocycles. The molecule has 0 unspecified atom stereocenters. The molecule has 240 valence electrons. The van der Waals surface area contributed by atoms with E-state index in [-0.39, 0.29) is 11.6 Å². The first-order valence-electron chi connectivity index (χ1n) is 16.4. The van der Waals surface area contributed by atoms with E-state index in [0.717, 1.165) is 70.2 Å². The topological polar surface area (TPSA) is 71.0 Å². The molecule has 4 aromatic rings. The SMILES string of the molecule is C=Cc1c(-c2cccc3cccc(Cl)c23)nc(OCC23CCCN2CCC3)c2ccc(N3CCN(C(=O)OC(C)(C)C)CC3)nc12. The summed E-state index contributed by atoms with van der Waals surface area (Å²) >= 11 is 6.82. The van der Waals surface area contributed by atoms with Crippen LogP contribution < -0.4 is 9.64 Å². The predicted octanol–water partition coefficient (Wildman–Crippen LogP) is 7.81. The minimum absolute atomic E-state index is 0.0786. The second-order valence-corrected chi connectivity index (χ2v) is 14.2. The number of hydrogen-bond donors (Lipinski definition) is 0. The Bertz CT molecular complexity index is 1800. The van der Waals surface area contributed by atoms with Crippen molar-refractivity contribution >= 4 is 51.3 Å². The molecule has 0 saturated carbocycles. The van der Waals surface area contributed by atoms with E-state index < -0.39 is 5.60 Å². The van der Waals surface area contributed by atoms with E-state index in [4.69, 9.17) is 31.0 Å². The van der Waals surface area contributed by atoms with E-state index in [1.54, 1.807) is 4.90 Å². The molecule has 9 heteroatoms. The lowest BCUT2D eigenvalue weighted by molar-refractivity contribution is 0.0240. The summed E-state index contributed by atoms with van der Waals surface area (Å²) in [6.45, 7) is 15.2. The van der Waals surface area contributed by atoms with Gasteiger partial charge in [0, 0.05) is 47.7 Å². The third kappa shape index (κ3) is 5.66. The summed E-state index contributed by atoms with van der Waals surface area (Å²) in [5.74, 6) is 1.43. The van der Waals surface area contributed by atoms with Gasteiger partial charge < -0.3 is 19.3 Å². The number of halogens is 1. The number of amides is 1. The van der Waals surface area contributed by atoms with Gasteiger partial charge in [-0.15, -0.1) is 0 Å². The second kappa shape index (κ2) is 12.0. The van der Waals surface area contributed by atoms with Gasteiger partial charge in [0.25, 0.3) is 0 Å². The molecule has 8 nitrogen and oxygen atoms in total. The van der Waals surface area contributed by atoms with E-state index in [0.29, 0.717) is 43.7 Å². The van der Waals surface area contributed by atoms with Crippen LogP contribution in [0, 0.1) is 0 Å². The Morgan fingerprint density at radius 3 is 2.39 bits per heavy atom. The highest BCUT2D eigenvalue weighted by atomic mass is 35.5. The van der Waals surface area contributed by atoms with Crippen molar-refractivity contribution in [2.24, 2.45) is 0 Å². The molecule has 1 amide bonds. The minimum Gasteiger partial charge on any atom is -0.475 e. The van der Waals surface area contributed by atoms with Crippen LogP contribution in [-0.2, 0) is 4.74 Å². The van der Waals surface area contributed by atoms with E-state index >= 15 is 0 Å². The molecule has 0 spiro atoms. The number of carbonyl (C=O) groups excluding carboxylic acids is 1. The Morgan fingerprint density at radius 2 is 1.70 bits per heavy atom. The lowest BCUT2D eigenvalue weighted by atomic mass is 9.95.